The maximum absolute atomic E-state index is 6.43. The first kappa shape index (κ1) is 9.74. The smallest absolute Gasteiger partial charge is 0.113 e. The number of alkyl halides is 2. The molecule has 2 atom stereocenters. The van der Waals surface area contributed by atoms with Gasteiger partial charge in [-0.15, -0.1) is 23.2 Å². The highest BCUT2D eigenvalue weighted by molar-refractivity contribution is 6.44. The van der Waals surface area contributed by atoms with Crippen LogP contribution < -0.4 is 5.73 Å². The predicted octanol–water partition coefficient (Wildman–Crippen LogP) is 3.09. The average Bonchev–Trinajstić information content (AvgIpc) is 1.98. The van der Waals surface area contributed by atoms with Gasteiger partial charge in [-0.05, 0) is 50.4 Å². The highest BCUT2D eigenvalue weighted by Gasteiger charge is 2.58. The van der Waals surface area contributed by atoms with Gasteiger partial charge in [-0.2, -0.15) is 0 Å². The molecule has 0 aliphatic heterocycles. The third kappa shape index (κ3) is 1.25. The lowest BCUT2D eigenvalue weighted by molar-refractivity contribution is -0.0594. The van der Waals surface area contributed by atoms with Crippen molar-refractivity contribution in [3.8, 4) is 0 Å². The molecule has 0 spiro atoms. The first-order valence-electron chi connectivity index (χ1n) is 5.58. The summed E-state index contributed by atoms with van der Waals surface area (Å²) in [7, 11) is 0. The van der Waals surface area contributed by atoms with Crippen LogP contribution in [0.1, 0.15) is 38.5 Å². The molecule has 4 fully saturated rings. The number of hydrogen-bond acceptors (Lipinski definition) is 1. The van der Waals surface area contributed by atoms with E-state index in [2.05, 4.69) is 0 Å². The van der Waals surface area contributed by atoms with Crippen LogP contribution in [0.3, 0.4) is 0 Å². The maximum Gasteiger partial charge on any atom is 0.113 e. The van der Waals surface area contributed by atoms with Gasteiger partial charge in [0.05, 0.1) is 0 Å². The van der Waals surface area contributed by atoms with Gasteiger partial charge in [0, 0.05) is 11.0 Å². The van der Waals surface area contributed by atoms with Gasteiger partial charge in [0.1, 0.15) is 4.84 Å². The molecule has 0 aromatic heterocycles. The minimum atomic E-state index is -0.212. The number of halogens is 2. The summed E-state index contributed by atoms with van der Waals surface area (Å²) in [6.07, 6.45) is 7.31. The van der Waals surface area contributed by atoms with E-state index in [0.717, 1.165) is 18.3 Å². The minimum Gasteiger partial charge on any atom is -0.325 e. The highest BCUT2D eigenvalue weighted by atomic mass is 35.5. The zero-order valence-corrected chi connectivity index (χ0v) is 9.82. The molecule has 0 radical (unpaired) electrons. The number of nitrogens with two attached hydrogens (primary N) is 1. The Morgan fingerprint density at radius 2 is 1.64 bits per heavy atom. The molecule has 1 nitrogen and oxygen atoms in total. The van der Waals surface area contributed by atoms with Crippen molar-refractivity contribution in [2.75, 3.05) is 0 Å². The van der Waals surface area contributed by atoms with Gasteiger partial charge in [0.2, 0.25) is 0 Å². The summed E-state index contributed by atoms with van der Waals surface area (Å²) in [4.78, 5) is -0.212. The van der Waals surface area contributed by atoms with Crippen molar-refractivity contribution >= 4 is 23.2 Å². The monoisotopic (exact) mass is 233 g/mol. The number of hydrogen-bond donors (Lipinski definition) is 1. The second-order valence-corrected chi connectivity index (χ2v) is 7.08. The third-order valence-corrected chi connectivity index (χ3v) is 5.54. The molecule has 4 aliphatic carbocycles. The van der Waals surface area contributed by atoms with E-state index in [1.165, 1.54) is 32.1 Å². The summed E-state index contributed by atoms with van der Waals surface area (Å²) in [5, 5.41) is 0. The molecule has 2 unspecified atom stereocenters. The fraction of sp³-hybridized carbons (Fsp3) is 1.00. The molecule has 0 heterocycles. The molecule has 4 bridgehead atoms. The molecule has 3 heteroatoms. The fourth-order valence-corrected chi connectivity index (χ4v) is 5.17. The first-order chi connectivity index (χ1) is 6.51. The van der Waals surface area contributed by atoms with Crippen LogP contribution in [0, 0.1) is 17.3 Å². The van der Waals surface area contributed by atoms with Crippen LogP contribution in [-0.2, 0) is 0 Å². The van der Waals surface area contributed by atoms with Crippen molar-refractivity contribution in [2.24, 2.45) is 23.0 Å². The van der Waals surface area contributed by atoms with Crippen molar-refractivity contribution in [3.63, 3.8) is 0 Å². The Morgan fingerprint density at radius 3 is 2.07 bits per heavy atom. The normalized spacial score (nSPS) is 55.7. The van der Waals surface area contributed by atoms with Crippen molar-refractivity contribution < 1.29 is 0 Å². The molecule has 0 amide bonds. The van der Waals surface area contributed by atoms with Crippen LogP contribution in [0.4, 0.5) is 0 Å². The van der Waals surface area contributed by atoms with Crippen molar-refractivity contribution in [3.05, 3.63) is 0 Å². The lowest BCUT2D eigenvalue weighted by atomic mass is 9.47. The lowest BCUT2D eigenvalue weighted by Crippen LogP contribution is -2.61. The van der Waals surface area contributed by atoms with Gasteiger partial charge < -0.3 is 5.73 Å². The van der Waals surface area contributed by atoms with Crippen LogP contribution in [0.5, 0.6) is 0 Å². The molecule has 14 heavy (non-hydrogen) atoms. The third-order valence-electron chi connectivity index (χ3n) is 4.61. The Balaban J connectivity index is 1.96. The van der Waals surface area contributed by atoms with E-state index in [1.54, 1.807) is 0 Å². The predicted molar refractivity (Wildman–Crippen MR) is 59.5 cm³/mol. The van der Waals surface area contributed by atoms with Crippen LogP contribution in [-0.4, -0.2) is 10.4 Å². The Kier molecular flexibility index (Phi) is 1.95. The zero-order valence-electron chi connectivity index (χ0n) is 8.31. The molecule has 0 aromatic rings. The second kappa shape index (κ2) is 2.81. The molecule has 0 aromatic carbocycles. The Labute approximate surface area is 95.3 Å². The number of rotatable bonds is 1. The molecule has 4 aliphatic rings. The summed E-state index contributed by atoms with van der Waals surface area (Å²) in [6, 6.07) is 0. The molecular weight excluding hydrogens is 217 g/mol. The van der Waals surface area contributed by atoms with E-state index >= 15 is 0 Å². The summed E-state index contributed by atoms with van der Waals surface area (Å²) in [5.41, 5.74) is 6.67. The van der Waals surface area contributed by atoms with Crippen molar-refractivity contribution in [1.82, 2.24) is 0 Å². The van der Waals surface area contributed by atoms with Crippen LogP contribution in [0.2, 0.25) is 0 Å². The van der Waals surface area contributed by atoms with E-state index in [9.17, 15) is 0 Å². The Bertz CT molecular complexity index is 250. The van der Waals surface area contributed by atoms with Crippen molar-refractivity contribution in [1.29, 1.82) is 0 Å². The molecule has 0 saturated heterocycles. The molecule has 4 rings (SSSR count). The molecule has 4 saturated carbocycles. The van der Waals surface area contributed by atoms with E-state index in [0.29, 0.717) is 0 Å². The summed E-state index contributed by atoms with van der Waals surface area (Å²) >= 11 is 12.3. The van der Waals surface area contributed by atoms with Gasteiger partial charge in [-0.25, -0.2) is 0 Å². The Hall–Kier alpha value is 0.540. The minimum absolute atomic E-state index is 0.0755. The maximum atomic E-state index is 6.43. The van der Waals surface area contributed by atoms with E-state index in [4.69, 9.17) is 28.9 Å². The van der Waals surface area contributed by atoms with Gasteiger partial charge in [-0.3, -0.25) is 0 Å². The van der Waals surface area contributed by atoms with Gasteiger partial charge in [0.25, 0.3) is 0 Å². The topological polar surface area (TPSA) is 26.0 Å². The molecular formula is C11H17Cl2N. The average molecular weight is 234 g/mol. The lowest BCUT2D eigenvalue weighted by Gasteiger charge is -2.61. The summed E-state index contributed by atoms with van der Waals surface area (Å²) < 4.78 is 0. The van der Waals surface area contributed by atoms with E-state index in [1.807, 2.05) is 0 Å². The summed E-state index contributed by atoms with van der Waals surface area (Å²) in [6.45, 7) is 0. The van der Waals surface area contributed by atoms with Crippen LogP contribution in [0.25, 0.3) is 0 Å². The Morgan fingerprint density at radius 1 is 1.07 bits per heavy atom. The standard InChI is InChI=1S/C11H17Cl2N/c12-9(13)10-2-7-1-8(3-10)5-11(14,4-7)6-10/h7-9H,1-6,14H2. The summed E-state index contributed by atoms with van der Waals surface area (Å²) in [5.74, 6) is 1.61. The van der Waals surface area contributed by atoms with Gasteiger partial charge in [0.15, 0.2) is 0 Å². The first-order valence-corrected chi connectivity index (χ1v) is 6.46. The quantitative estimate of drug-likeness (QED) is 0.693. The SMILES string of the molecule is NC12CC3CC(C1)CC(C(Cl)Cl)(C3)C2. The molecule has 80 valence electrons. The van der Waals surface area contributed by atoms with E-state index < -0.39 is 0 Å². The zero-order chi connectivity index (χ0) is 9.97. The second-order valence-electron chi connectivity index (χ2n) is 5.99. The van der Waals surface area contributed by atoms with Crippen molar-refractivity contribution in [2.45, 2.75) is 48.9 Å². The van der Waals surface area contributed by atoms with Gasteiger partial charge >= 0.3 is 0 Å². The van der Waals surface area contributed by atoms with E-state index in [-0.39, 0.29) is 15.8 Å². The fourth-order valence-electron chi connectivity index (χ4n) is 4.66. The van der Waals surface area contributed by atoms with Crippen LogP contribution >= 0.6 is 23.2 Å². The largest absolute Gasteiger partial charge is 0.325 e. The highest BCUT2D eigenvalue weighted by Crippen LogP contribution is 2.63. The van der Waals surface area contributed by atoms with Crippen LogP contribution in [0.15, 0.2) is 0 Å². The molecule has 2 N–H and O–H groups in total. The van der Waals surface area contributed by atoms with Gasteiger partial charge in [-0.1, -0.05) is 0 Å².